The summed E-state index contributed by atoms with van der Waals surface area (Å²) in [5, 5.41) is 6.19. The van der Waals surface area contributed by atoms with E-state index in [2.05, 4.69) is 15.6 Å². The van der Waals surface area contributed by atoms with Crippen molar-refractivity contribution in [3.63, 3.8) is 0 Å². The van der Waals surface area contributed by atoms with Crippen LogP contribution in [0.4, 0.5) is 10.5 Å². The lowest BCUT2D eigenvalue weighted by molar-refractivity contribution is 0.0621. The Balaban J connectivity index is 0.00000225. The summed E-state index contributed by atoms with van der Waals surface area (Å²) in [5.41, 5.74) is 1.34. The van der Waals surface area contributed by atoms with Gasteiger partial charge in [0.05, 0.1) is 0 Å². The lowest BCUT2D eigenvalue weighted by Gasteiger charge is -2.36. The van der Waals surface area contributed by atoms with Crippen molar-refractivity contribution >= 4 is 30.0 Å². The van der Waals surface area contributed by atoms with Crippen LogP contribution < -0.4 is 15.5 Å². The molecule has 0 bridgehead atoms. The summed E-state index contributed by atoms with van der Waals surface area (Å²) in [6.07, 6.45) is 4.54. The predicted molar refractivity (Wildman–Crippen MR) is 109 cm³/mol. The Morgan fingerprint density at radius 2 is 2.11 bits per heavy atom. The summed E-state index contributed by atoms with van der Waals surface area (Å²) < 4.78 is 1.95. The van der Waals surface area contributed by atoms with Crippen LogP contribution in [0, 0.1) is 0 Å². The lowest BCUT2D eigenvalue weighted by Crippen LogP contribution is -2.49. The molecule has 4 rings (SSSR count). The van der Waals surface area contributed by atoms with E-state index in [4.69, 9.17) is 0 Å². The zero-order valence-electron chi connectivity index (χ0n) is 15.8. The highest BCUT2D eigenvalue weighted by atomic mass is 35.5. The molecule has 3 heterocycles. The first kappa shape index (κ1) is 20.2. The minimum Gasteiger partial charge on any atom is -0.338 e. The minimum absolute atomic E-state index is 0. The summed E-state index contributed by atoms with van der Waals surface area (Å²) in [6.45, 7) is 3.39. The number of hydrogen-bond donors (Lipinski definition) is 2. The molecule has 2 N–H and O–H groups in total. The molecule has 9 heteroatoms. The number of carbonyl (C=O) groups excluding carboxylic acids is 2. The van der Waals surface area contributed by atoms with Gasteiger partial charge in [0.15, 0.2) is 0 Å². The topological polar surface area (TPSA) is 82.5 Å². The van der Waals surface area contributed by atoms with Gasteiger partial charge in [-0.15, -0.1) is 12.4 Å². The number of carbonyl (C=O) groups is 2. The first-order valence-electron chi connectivity index (χ1n) is 9.29. The molecule has 2 saturated heterocycles. The largest absolute Gasteiger partial charge is 0.338 e. The van der Waals surface area contributed by atoms with Crippen LogP contribution in [0.25, 0.3) is 0 Å². The van der Waals surface area contributed by atoms with Gasteiger partial charge in [0.2, 0.25) is 0 Å². The van der Waals surface area contributed by atoms with E-state index in [9.17, 15) is 9.59 Å². The van der Waals surface area contributed by atoms with Gasteiger partial charge in [-0.3, -0.25) is 9.69 Å². The highest BCUT2D eigenvalue weighted by molar-refractivity contribution is 5.98. The fourth-order valence-corrected chi connectivity index (χ4v) is 3.72. The van der Waals surface area contributed by atoms with Gasteiger partial charge in [-0.2, -0.15) is 0 Å². The number of anilines is 1. The Labute approximate surface area is 170 Å². The predicted octanol–water partition coefficient (Wildman–Crippen LogP) is 1.55. The Bertz CT molecular complexity index is 854. The number of halogens is 1. The zero-order valence-corrected chi connectivity index (χ0v) is 16.6. The molecule has 1 unspecified atom stereocenters. The van der Waals surface area contributed by atoms with Crippen LogP contribution in [0.2, 0.25) is 0 Å². The van der Waals surface area contributed by atoms with E-state index in [1.165, 1.54) is 0 Å². The smallest absolute Gasteiger partial charge is 0.321 e. The fraction of sp³-hybridized carbons (Fsp3) is 0.421. The van der Waals surface area contributed by atoms with Crippen molar-refractivity contribution in [3.8, 4) is 0 Å². The normalized spacial score (nSPS) is 19.8. The first-order valence-corrected chi connectivity index (χ1v) is 9.29. The average Bonchev–Trinajstić information content (AvgIpc) is 3.13. The summed E-state index contributed by atoms with van der Waals surface area (Å²) in [5.74, 6) is 0.825. The van der Waals surface area contributed by atoms with Gasteiger partial charge in [-0.05, 0) is 24.6 Å². The summed E-state index contributed by atoms with van der Waals surface area (Å²) in [4.78, 5) is 33.4. The second-order valence-corrected chi connectivity index (χ2v) is 6.90. The second kappa shape index (κ2) is 8.62. The second-order valence-electron chi connectivity index (χ2n) is 6.90. The maximum Gasteiger partial charge on any atom is 0.321 e. The van der Waals surface area contributed by atoms with Crippen molar-refractivity contribution in [2.24, 2.45) is 7.05 Å². The molecule has 150 valence electrons. The van der Waals surface area contributed by atoms with Gasteiger partial charge < -0.3 is 20.1 Å². The number of nitrogens with one attached hydrogen (secondary N) is 2. The van der Waals surface area contributed by atoms with Gasteiger partial charge in [-0.1, -0.05) is 6.07 Å². The summed E-state index contributed by atoms with van der Waals surface area (Å²) >= 11 is 0. The molecule has 0 spiro atoms. The number of urea groups is 1. The molecule has 3 amide bonds. The maximum atomic E-state index is 13.3. The summed E-state index contributed by atoms with van der Waals surface area (Å²) in [7, 11) is 1.94. The van der Waals surface area contributed by atoms with Crippen molar-refractivity contribution in [1.82, 2.24) is 25.1 Å². The Morgan fingerprint density at radius 3 is 2.86 bits per heavy atom. The molecule has 0 saturated carbocycles. The molecule has 2 fully saturated rings. The third kappa shape index (κ3) is 3.83. The SMILES string of the molecule is Cl.Cn1ccnc1C1CNCCN1C(=O)c1cccc(N2CCCNC2=O)c1. The van der Waals surface area contributed by atoms with Crippen LogP contribution in [-0.2, 0) is 7.05 Å². The maximum absolute atomic E-state index is 13.3. The standard InChI is InChI=1S/C19H24N6O2.ClH/c1-23-10-8-21-17(23)16-13-20-7-11-25(16)18(26)14-4-2-5-15(12-14)24-9-3-6-22-19(24)27;/h2,4-5,8,10,12,16,20H,3,6-7,9,11,13H2,1H3,(H,22,27);1H. The van der Waals surface area contributed by atoms with Crippen molar-refractivity contribution in [2.75, 3.05) is 37.6 Å². The molecule has 2 aliphatic rings. The quantitative estimate of drug-likeness (QED) is 0.813. The highest BCUT2D eigenvalue weighted by Crippen LogP contribution is 2.25. The molecule has 1 aromatic heterocycles. The van der Waals surface area contributed by atoms with Gasteiger partial charge in [0.25, 0.3) is 5.91 Å². The number of aryl methyl sites for hydroxylation is 1. The number of aromatic nitrogens is 2. The van der Waals surface area contributed by atoms with E-state index in [1.807, 2.05) is 47.0 Å². The Morgan fingerprint density at radius 1 is 1.25 bits per heavy atom. The van der Waals surface area contributed by atoms with Gasteiger partial charge in [0.1, 0.15) is 11.9 Å². The summed E-state index contributed by atoms with van der Waals surface area (Å²) in [6, 6.07) is 7.10. The van der Waals surface area contributed by atoms with E-state index >= 15 is 0 Å². The van der Waals surface area contributed by atoms with E-state index in [0.29, 0.717) is 31.7 Å². The number of rotatable bonds is 3. The third-order valence-corrected chi connectivity index (χ3v) is 5.15. The first-order chi connectivity index (χ1) is 13.1. The number of imidazole rings is 1. The highest BCUT2D eigenvalue weighted by Gasteiger charge is 2.31. The van der Waals surface area contributed by atoms with Crippen molar-refractivity contribution in [1.29, 1.82) is 0 Å². The van der Waals surface area contributed by atoms with Gasteiger partial charge in [0, 0.05) is 63.4 Å². The number of piperazine rings is 1. The number of benzene rings is 1. The minimum atomic E-state index is -0.117. The van der Waals surface area contributed by atoms with Gasteiger partial charge >= 0.3 is 6.03 Å². The molecule has 1 atom stereocenters. The molecule has 0 aliphatic carbocycles. The van der Waals surface area contributed by atoms with Crippen LogP contribution in [0.15, 0.2) is 36.7 Å². The van der Waals surface area contributed by atoms with E-state index in [1.54, 1.807) is 11.1 Å². The molecule has 2 aliphatic heterocycles. The third-order valence-electron chi connectivity index (χ3n) is 5.15. The van der Waals surface area contributed by atoms with Crippen molar-refractivity contribution < 1.29 is 9.59 Å². The van der Waals surface area contributed by atoms with E-state index in [-0.39, 0.29) is 30.4 Å². The van der Waals surface area contributed by atoms with Crippen molar-refractivity contribution in [3.05, 3.63) is 48.0 Å². The monoisotopic (exact) mass is 404 g/mol. The van der Waals surface area contributed by atoms with E-state index < -0.39 is 0 Å². The fourth-order valence-electron chi connectivity index (χ4n) is 3.72. The molecule has 28 heavy (non-hydrogen) atoms. The Hall–Kier alpha value is -2.58. The van der Waals surface area contributed by atoms with Crippen LogP contribution in [0.3, 0.4) is 0 Å². The van der Waals surface area contributed by atoms with Crippen LogP contribution in [0.5, 0.6) is 0 Å². The number of amides is 3. The van der Waals surface area contributed by atoms with Crippen molar-refractivity contribution in [2.45, 2.75) is 12.5 Å². The van der Waals surface area contributed by atoms with Crippen LogP contribution in [0.1, 0.15) is 28.6 Å². The molecular formula is C19H25ClN6O2. The van der Waals surface area contributed by atoms with Gasteiger partial charge in [-0.25, -0.2) is 9.78 Å². The molecule has 2 aromatic rings. The molecular weight excluding hydrogens is 380 g/mol. The Kier molecular flexibility index (Phi) is 6.21. The molecule has 0 radical (unpaired) electrons. The molecule has 8 nitrogen and oxygen atoms in total. The lowest BCUT2D eigenvalue weighted by atomic mass is 10.1. The van der Waals surface area contributed by atoms with E-state index in [0.717, 1.165) is 24.5 Å². The van der Waals surface area contributed by atoms with Crippen LogP contribution >= 0.6 is 12.4 Å². The zero-order chi connectivity index (χ0) is 18.8. The van der Waals surface area contributed by atoms with Crippen LogP contribution in [-0.4, -0.2) is 59.1 Å². The molecule has 1 aromatic carbocycles. The number of nitrogens with zero attached hydrogens (tertiary/aromatic N) is 4. The number of hydrogen-bond acceptors (Lipinski definition) is 4. The average molecular weight is 405 g/mol.